The van der Waals surface area contributed by atoms with Crippen molar-refractivity contribution in [2.45, 2.75) is 39.7 Å². The van der Waals surface area contributed by atoms with Crippen LogP contribution in [0.25, 0.3) is 0 Å². The summed E-state index contributed by atoms with van der Waals surface area (Å²) < 4.78 is 10.8. The van der Waals surface area contributed by atoms with Crippen molar-refractivity contribution in [3.8, 4) is 11.5 Å². The van der Waals surface area contributed by atoms with Gasteiger partial charge in [-0.1, -0.05) is 0 Å². The Bertz CT molecular complexity index is 712. The van der Waals surface area contributed by atoms with E-state index in [0.29, 0.717) is 32.0 Å². The molecule has 0 spiro atoms. The van der Waals surface area contributed by atoms with E-state index in [4.69, 9.17) is 9.47 Å². The normalized spacial score (nSPS) is 16.5. The van der Waals surface area contributed by atoms with Crippen molar-refractivity contribution < 1.29 is 23.9 Å². The molecule has 0 aromatic heterocycles. The van der Waals surface area contributed by atoms with Crippen molar-refractivity contribution in [2.75, 3.05) is 32.8 Å². The number of carbonyl (C=O) groups excluding carboxylic acids is 3. The summed E-state index contributed by atoms with van der Waals surface area (Å²) in [6.07, 6.45) is 0.228. The van der Waals surface area contributed by atoms with Gasteiger partial charge in [-0.2, -0.15) is 0 Å². The number of nitrogens with one attached hydrogen (secondary N) is 2. The summed E-state index contributed by atoms with van der Waals surface area (Å²) in [5.74, 6) is 0.534. The third-order valence-corrected chi connectivity index (χ3v) is 4.56. The smallest absolute Gasteiger partial charge is 0.258 e. The van der Waals surface area contributed by atoms with Gasteiger partial charge in [0.25, 0.3) is 5.91 Å². The highest BCUT2D eigenvalue weighted by molar-refractivity contribution is 5.89. The number of rotatable bonds is 9. The summed E-state index contributed by atoms with van der Waals surface area (Å²) in [5, 5.41) is 5.47. The van der Waals surface area contributed by atoms with Gasteiger partial charge in [0.1, 0.15) is 11.5 Å². The lowest BCUT2D eigenvalue weighted by molar-refractivity contribution is -0.132. The van der Waals surface area contributed by atoms with Crippen molar-refractivity contribution in [1.82, 2.24) is 15.5 Å². The predicted octanol–water partition coefficient (Wildman–Crippen LogP) is 1.34. The number of hydrogen-bond acceptors (Lipinski definition) is 5. The van der Waals surface area contributed by atoms with Crippen LogP contribution in [0.15, 0.2) is 24.3 Å². The van der Waals surface area contributed by atoms with Crippen molar-refractivity contribution in [3.05, 3.63) is 24.3 Å². The lowest BCUT2D eigenvalue weighted by Crippen LogP contribution is -2.43. The zero-order valence-corrected chi connectivity index (χ0v) is 17.6. The largest absolute Gasteiger partial charge is 0.494 e. The van der Waals surface area contributed by atoms with Gasteiger partial charge >= 0.3 is 0 Å². The highest BCUT2D eigenvalue weighted by atomic mass is 16.5. The fraction of sp³-hybridized carbons (Fsp3) is 0.571. The fourth-order valence-corrected chi connectivity index (χ4v) is 3.06. The van der Waals surface area contributed by atoms with E-state index in [1.807, 2.05) is 27.7 Å². The molecule has 2 rings (SSSR count). The Kier molecular flexibility index (Phi) is 7.87. The molecule has 1 aliphatic rings. The zero-order valence-electron chi connectivity index (χ0n) is 17.6. The average molecular weight is 405 g/mol. The minimum absolute atomic E-state index is 0.00242. The molecule has 8 heteroatoms. The molecule has 3 amide bonds. The first-order valence-electron chi connectivity index (χ1n) is 9.91. The molecule has 29 heavy (non-hydrogen) atoms. The van der Waals surface area contributed by atoms with Gasteiger partial charge in [0.15, 0.2) is 6.61 Å². The lowest BCUT2D eigenvalue weighted by atomic mass is 10.1. The molecule has 1 unspecified atom stereocenters. The van der Waals surface area contributed by atoms with E-state index in [2.05, 4.69) is 10.6 Å². The van der Waals surface area contributed by atoms with Crippen LogP contribution in [0.1, 0.15) is 34.1 Å². The van der Waals surface area contributed by atoms with E-state index in [-0.39, 0.29) is 42.2 Å². The van der Waals surface area contributed by atoms with Crippen LogP contribution in [0.4, 0.5) is 0 Å². The summed E-state index contributed by atoms with van der Waals surface area (Å²) >= 11 is 0. The number of benzene rings is 1. The highest BCUT2D eigenvalue weighted by Crippen LogP contribution is 2.25. The SMILES string of the molecule is CCOc1ccc(OCC(=O)NCCNC(=O)C2CC(=O)N(C(C)(C)C)C2)cc1. The summed E-state index contributed by atoms with van der Waals surface area (Å²) in [5.41, 5.74) is -0.288. The van der Waals surface area contributed by atoms with E-state index in [1.165, 1.54) is 0 Å². The van der Waals surface area contributed by atoms with Crippen molar-refractivity contribution in [2.24, 2.45) is 5.92 Å². The van der Waals surface area contributed by atoms with Crippen LogP contribution in [0.3, 0.4) is 0 Å². The molecule has 0 aliphatic carbocycles. The first-order valence-corrected chi connectivity index (χ1v) is 9.91. The van der Waals surface area contributed by atoms with E-state index in [1.54, 1.807) is 29.2 Å². The Balaban J connectivity index is 1.63. The molecule has 1 aromatic rings. The molecule has 1 aromatic carbocycles. The molecule has 0 saturated carbocycles. The van der Waals surface area contributed by atoms with Gasteiger partial charge in [-0.3, -0.25) is 14.4 Å². The van der Waals surface area contributed by atoms with Gasteiger partial charge in [-0.15, -0.1) is 0 Å². The number of ether oxygens (including phenoxy) is 2. The molecular weight excluding hydrogens is 374 g/mol. The maximum atomic E-state index is 12.3. The van der Waals surface area contributed by atoms with Crippen molar-refractivity contribution >= 4 is 17.7 Å². The summed E-state index contributed by atoms with van der Waals surface area (Å²) in [4.78, 5) is 37.9. The van der Waals surface area contributed by atoms with Crippen molar-refractivity contribution in [3.63, 3.8) is 0 Å². The fourth-order valence-electron chi connectivity index (χ4n) is 3.06. The topological polar surface area (TPSA) is 97.0 Å². The van der Waals surface area contributed by atoms with E-state index in [9.17, 15) is 14.4 Å². The Morgan fingerprint density at radius 1 is 1.07 bits per heavy atom. The zero-order chi connectivity index (χ0) is 21.4. The monoisotopic (exact) mass is 405 g/mol. The molecule has 2 N–H and O–H groups in total. The summed E-state index contributed by atoms with van der Waals surface area (Å²) in [6, 6.07) is 7.03. The van der Waals surface area contributed by atoms with E-state index >= 15 is 0 Å². The molecule has 0 bridgehead atoms. The number of carbonyl (C=O) groups is 3. The second-order valence-corrected chi connectivity index (χ2v) is 7.91. The Morgan fingerprint density at radius 2 is 1.66 bits per heavy atom. The first-order chi connectivity index (χ1) is 13.7. The minimum atomic E-state index is -0.347. The number of likely N-dealkylation sites (tertiary alicyclic amines) is 1. The van der Waals surface area contributed by atoms with Gasteiger partial charge in [0, 0.05) is 31.6 Å². The van der Waals surface area contributed by atoms with Crippen LogP contribution in [0.2, 0.25) is 0 Å². The molecule has 0 radical (unpaired) electrons. The standard InChI is InChI=1S/C21H31N3O5/c1-5-28-16-6-8-17(9-7-16)29-14-18(25)22-10-11-23-20(27)15-12-19(26)24(13-15)21(2,3)4/h6-9,15H,5,10-14H2,1-4H3,(H,22,25)(H,23,27). The van der Waals surface area contributed by atoms with Crippen LogP contribution >= 0.6 is 0 Å². The maximum Gasteiger partial charge on any atom is 0.258 e. The Hall–Kier alpha value is -2.77. The van der Waals surface area contributed by atoms with Crippen LogP contribution in [-0.2, 0) is 14.4 Å². The van der Waals surface area contributed by atoms with Crippen molar-refractivity contribution in [1.29, 1.82) is 0 Å². The van der Waals surface area contributed by atoms with Gasteiger partial charge < -0.3 is 25.0 Å². The van der Waals surface area contributed by atoms with Gasteiger partial charge in [0.2, 0.25) is 11.8 Å². The third kappa shape index (κ3) is 6.96. The molecular formula is C21H31N3O5. The average Bonchev–Trinajstić information content (AvgIpc) is 3.07. The molecule has 1 heterocycles. The van der Waals surface area contributed by atoms with E-state index < -0.39 is 0 Å². The Labute approximate surface area is 171 Å². The highest BCUT2D eigenvalue weighted by Gasteiger charge is 2.39. The van der Waals surface area contributed by atoms with E-state index in [0.717, 1.165) is 5.75 Å². The second kappa shape index (κ2) is 10.1. The van der Waals surface area contributed by atoms with Crippen LogP contribution in [-0.4, -0.2) is 61.0 Å². The molecule has 160 valence electrons. The predicted molar refractivity (Wildman–Crippen MR) is 109 cm³/mol. The van der Waals surface area contributed by atoms with Crippen LogP contribution in [0.5, 0.6) is 11.5 Å². The number of amides is 3. The third-order valence-electron chi connectivity index (χ3n) is 4.56. The molecule has 8 nitrogen and oxygen atoms in total. The second-order valence-electron chi connectivity index (χ2n) is 7.91. The molecule has 1 atom stereocenters. The molecule has 1 aliphatic heterocycles. The number of hydrogen-bond donors (Lipinski definition) is 2. The first kappa shape index (κ1) is 22.5. The van der Waals surface area contributed by atoms with Gasteiger partial charge in [-0.25, -0.2) is 0 Å². The van der Waals surface area contributed by atoms with Gasteiger partial charge in [-0.05, 0) is 52.0 Å². The number of nitrogens with zero attached hydrogens (tertiary/aromatic N) is 1. The minimum Gasteiger partial charge on any atom is -0.494 e. The summed E-state index contributed by atoms with van der Waals surface area (Å²) in [7, 11) is 0. The quantitative estimate of drug-likeness (QED) is 0.605. The molecule has 1 saturated heterocycles. The summed E-state index contributed by atoms with van der Waals surface area (Å²) in [6.45, 7) is 9.27. The van der Waals surface area contributed by atoms with Crippen LogP contribution in [0, 0.1) is 5.92 Å². The maximum absolute atomic E-state index is 12.3. The van der Waals surface area contributed by atoms with Crippen LogP contribution < -0.4 is 20.1 Å². The molecule has 1 fully saturated rings. The lowest BCUT2D eigenvalue weighted by Gasteiger charge is -2.31. The van der Waals surface area contributed by atoms with Gasteiger partial charge in [0.05, 0.1) is 12.5 Å². The Morgan fingerprint density at radius 3 is 2.21 bits per heavy atom.